The molecule has 0 saturated heterocycles. The third kappa shape index (κ3) is 3.00. The zero-order valence-corrected chi connectivity index (χ0v) is 10.6. The first kappa shape index (κ1) is 13.3. The molecule has 0 fully saturated rings. The molecule has 0 bridgehead atoms. The highest BCUT2D eigenvalue weighted by molar-refractivity contribution is 6.19. The van der Waals surface area contributed by atoms with Crippen LogP contribution < -0.4 is 0 Å². The van der Waals surface area contributed by atoms with Crippen molar-refractivity contribution in [2.24, 2.45) is 0 Å². The van der Waals surface area contributed by atoms with Crippen LogP contribution in [0.4, 0.5) is 0 Å². The van der Waals surface area contributed by atoms with Crippen LogP contribution in [-0.2, 0) is 20.9 Å². The summed E-state index contributed by atoms with van der Waals surface area (Å²) in [7, 11) is 0. The number of alkyl halides is 1. The second kappa shape index (κ2) is 5.67. The van der Waals surface area contributed by atoms with Gasteiger partial charge in [0.05, 0.1) is 0 Å². The Morgan fingerprint density at radius 2 is 1.95 bits per heavy atom. The van der Waals surface area contributed by atoms with Gasteiger partial charge in [0, 0.05) is 5.88 Å². The molecule has 1 heterocycles. The van der Waals surface area contributed by atoms with Crippen molar-refractivity contribution in [2.75, 3.05) is 5.88 Å². The van der Waals surface area contributed by atoms with Gasteiger partial charge in [0.2, 0.25) is 5.76 Å². The predicted octanol–water partition coefficient (Wildman–Crippen LogP) is 2.36. The molecule has 0 aliphatic carbocycles. The van der Waals surface area contributed by atoms with Crippen molar-refractivity contribution in [3.05, 3.63) is 53.2 Å². The highest BCUT2D eigenvalue weighted by Gasteiger charge is 2.31. The molecule has 0 radical (unpaired) electrons. The second-order valence-electron chi connectivity index (χ2n) is 3.75. The van der Waals surface area contributed by atoms with Crippen LogP contribution in [0.3, 0.4) is 0 Å². The van der Waals surface area contributed by atoms with Crippen molar-refractivity contribution in [3.63, 3.8) is 0 Å². The van der Waals surface area contributed by atoms with E-state index in [9.17, 15) is 9.90 Å². The Bertz CT molecular complexity index is 545. The summed E-state index contributed by atoms with van der Waals surface area (Å²) in [6.45, 7) is 0.0723. The Balaban J connectivity index is 2.08. The van der Waals surface area contributed by atoms with Crippen LogP contribution in [0.5, 0.6) is 5.75 Å². The Morgan fingerprint density at radius 1 is 1.26 bits per heavy atom. The molecule has 5 nitrogen and oxygen atoms in total. The quantitative estimate of drug-likeness (QED) is 0.655. The monoisotopic (exact) mass is 282 g/mol. The van der Waals surface area contributed by atoms with Crippen LogP contribution in [0.15, 0.2) is 47.6 Å². The minimum absolute atomic E-state index is 0.000654. The first-order valence-electron chi connectivity index (χ1n) is 5.44. The number of aliphatic hydroxyl groups excluding tert-OH is 1. The average Bonchev–Trinajstić information content (AvgIpc) is 2.65. The fraction of sp³-hybridized carbons (Fsp3) is 0.154. The average molecular weight is 283 g/mol. The standard InChI is InChI=1S/C13H11ClO5/c14-6-5-10-11(16)12(13(17)19-10)18-7-8-1-3-9(15)4-2-8/h1-5,15-16H,6-7H2/b10-5+. The van der Waals surface area contributed by atoms with E-state index in [1.165, 1.54) is 18.2 Å². The molecule has 1 aromatic rings. The molecule has 0 saturated carbocycles. The van der Waals surface area contributed by atoms with Crippen molar-refractivity contribution >= 4 is 17.6 Å². The minimum Gasteiger partial charge on any atom is -0.508 e. The lowest BCUT2D eigenvalue weighted by atomic mass is 10.2. The van der Waals surface area contributed by atoms with Crippen LogP contribution in [0.1, 0.15) is 5.56 Å². The van der Waals surface area contributed by atoms with Crippen LogP contribution in [0, 0.1) is 0 Å². The maximum Gasteiger partial charge on any atom is 0.383 e. The molecule has 100 valence electrons. The smallest absolute Gasteiger partial charge is 0.383 e. The van der Waals surface area contributed by atoms with Gasteiger partial charge in [-0.1, -0.05) is 12.1 Å². The number of aliphatic hydroxyl groups is 1. The number of halogens is 1. The summed E-state index contributed by atoms with van der Waals surface area (Å²) in [6, 6.07) is 6.28. The number of aromatic hydroxyl groups is 1. The lowest BCUT2D eigenvalue weighted by molar-refractivity contribution is -0.136. The van der Waals surface area contributed by atoms with Gasteiger partial charge < -0.3 is 19.7 Å². The van der Waals surface area contributed by atoms with E-state index in [1.807, 2.05) is 0 Å². The van der Waals surface area contributed by atoms with Crippen molar-refractivity contribution in [1.82, 2.24) is 0 Å². The maximum absolute atomic E-state index is 11.5. The largest absolute Gasteiger partial charge is 0.508 e. The van der Waals surface area contributed by atoms with E-state index in [4.69, 9.17) is 26.2 Å². The minimum atomic E-state index is -0.757. The number of carbonyl (C=O) groups excluding carboxylic acids is 1. The van der Waals surface area contributed by atoms with E-state index in [2.05, 4.69) is 0 Å². The third-order valence-corrected chi connectivity index (χ3v) is 2.57. The van der Waals surface area contributed by atoms with Crippen molar-refractivity contribution < 1.29 is 24.5 Å². The van der Waals surface area contributed by atoms with E-state index in [1.54, 1.807) is 12.1 Å². The summed E-state index contributed by atoms with van der Waals surface area (Å²) in [5.74, 6) is -1.11. The molecule has 19 heavy (non-hydrogen) atoms. The molecule has 1 aliphatic heterocycles. The Labute approximate surface area is 114 Å². The molecule has 0 atom stereocenters. The van der Waals surface area contributed by atoms with Gasteiger partial charge in [-0.05, 0) is 23.8 Å². The first-order valence-corrected chi connectivity index (χ1v) is 5.98. The predicted molar refractivity (Wildman–Crippen MR) is 67.4 cm³/mol. The number of phenols is 1. The van der Waals surface area contributed by atoms with E-state index < -0.39 is 5.97 Å². The molecule has 2 rings (SSSR count). The Hall–Kier alpha value is -2.14. The van der Waals surface area contributed by atoms with Crippen LogP contribution in [-0.4, -0.2) is 22.1 Å². The number of benzene rings is 1. The SMILES string of the molecule is O=C1O/C(=C/CCl)C(O)=C1OCc1ccc(O)cc1. The summed E-state index contributed by atoms with van der Waals surface area (Å²) >= 11 is 5.46. The zero-order chi connectivity index (χ0) is 13.8. The molecular formula is C13H11ClO5. The molecular weight excluding hydrogens is 272 g/mol. The highest BCUT2D eigenvalue weighted by atomic mass is 35.5. The topological polar surface area (TPSA) is 76.0 Å². The number of hydrogen-bond donors (Lipinski definition) is 2. The summed E-state index contributed by atoms with van der Waals surface area (Å²) in [4.78, 5) is 11.5. The zero-order valence-electron chi connectivity index (χ0n) is 9.80. The third-order valence-electron chi connectivity index (χ3n) is 2.42. The highest BCUT2D eigenvalue weighted by Crippen LogP contribution is 2.25. The molecule has 6 heteroatoms. The maximum atomic E-state index is 11.5. The van der Waals surface area contributed by atoms with Gasteiger partial charge in [-0.15, -0.1) is 11.6 Å². The molecule has 2 N–H and O–H groups in total. The number of carbonyl (C=O) groups is 1. The van der Waals surface area contributed by atoms with Crippen LogP contribution >= 0.6 is 11.6 Å². The molecule has 0 unspecified atom stereocenters. The fourth-order valence-electron chi connectivity index (χ4n) is 1.49. The molecule has 1 aliphatic rings. The van der Waals surface area contributed by atoms with E-state index in [0.29, 0.717) is 0 Å². The van der Waals surface area contributed by atoms with Crippen molar-refractivity contribution in [2.45, 2.75) is 6.61 Å². The summed E-state index contributed by atoms with van der Waals surface area (Å²) in [5, 5.41) is 18.8. The van der Waals surface area contributed by atoms with Gasteiger partial charge in [0.1, 0.15) is 12.4 Å². The molecule has 0 aromatic heterocycles. The molecule has 0 spiro atoms. The Morgan fingerprint density at radius 3 is 2.58 bits per heavy atom. The second-order valence-corrected chi connectivity index (χ2v) is 4.05. The van der Waals surface area contributed by atoms with Crippen LogP contribution in [0.25, 0.3) is 0 Å². The normalized spacial score (nSPS) is 16.9. The van der Waals surface area contributed by atoms with Gasteiger partial charge in [-0.25, -0.2) is 4.79 Å². The first-order chi connectivity index (χ1) is 9.11. The van der Waals surface area contributed by atoms with E-state index >= 15 is 0 Å². The molecule has 1 aromatic carbocycles. The van der Waals surface area contributed by atoms with Gasteiger partial charge in [0.15, 0.2) is 5.76 Å². The Kier molecular flexibility index (Phi) is 3.97. The summed E-state index contributed by atoms with van der Waals surface area (Å²) in [6.07, 6.45) is 1.37. The number of phenolic OH excluding ortho intramolecular Hbond substituents is 1. The number of hydrogen-bond acceptors (Lipinski definition) is 5. The van der Waals surface area contributed by atoms with E-state index in [-0.39, 0.29) is 35.5 Å². The van der Waals surface area contributed by atoms with Gasteiger partial charge in [0.25, 0.3) is 5.76 Å². The fourth-order valence-corrected chi connectivity index (χ4v) is 1.63. The molecule has 0 amide bonds. The van der Waals surface area contributed by atoms with Crippen molar-refractivity contribution in [1.29, 1.82) is 0 Å². The number of allylic oxidation sites excluding steroid dienone is 1. The lowest BCUT2D eigenvalue weighted by Crippen LogP contribution is -2.03. The number of esters is 1. The van der Waals surface area contributed by atoms with Gasteiger partial charge in [-0.3, -0.25) is 0 Å². The number of ether oxygens (including phenoxy) is 2. The number of cyclic esters (lactones) is 1. The number of rotatable bonds is 4. The van der Waals surface area contributed by atoms with Crippen molar-refractivity contribution in [3.8, 4) is 5.75 Å². The van der Waals surface area contributed by atoms with Gasteiger partial charge in [-0.2, -0.15) is 0 Å². The lowest BCUT2D eigenvalue weighted by Gasteiger charge is -2.04. The van der Waals surface area contributed by atoms with Gasteiger partial charge >= 0.3 is 5.97 Å². The summed E-state index contributed by atoms with van der Waals surface area (Å²) < 4.78 is 10.0. The summed E-state index contributed by atoms with van der Waals surface area (Å²) in [5.41, 5.74) is 0.737. The van der Waals surface area contributed by atoms with E-state index in [0.717, 1.165) is 5.56 Å². The van der Waals surface area contributed by atoms with Crippen LogP contribution in [0.2, 0.25) is 0 Å².